The van der Waals surface area contributed by atoms with Gasteiger partial charge in [-0.25, -0.2) is 14.3 Å². The van der Waals surface area contributed by atoms with Crippen molar-refractivity contribution in [2.75, 3.05) is 0 Å². The fourth-order valence-corrected chi connectivity index (χ4v) is 2.12. The van der Waals surface area contributed by atoms with Crippen molar-refractivity contribution >= 4 is 22.8 Å². The number of ether oxygens (including phenoxy) is 1. The summed E-state index contributed by atoms with van der Waals surface area (Å²) in [5, 5.41) is 10.9. The summed E-state index contributed by atoms with van der Waals surface area (Å²) in [7, 11) is 0. The van der Waals surface area contributed by atoms with Crippen LogP contribution in [-0.2, 0) is 11.3 Å². The number of carbonyl (C=O) groups excluding carboxylic acids is 1. The molecule has 0 saturated carbocycles. The van der Waals surface area contributed by atoms with E-state index in [9.17, 15) is 14.9 Å². The number of hydrogen-bond acceptors (Lipinski definition) is 5. The smallest absolute Gasteiger partial charge is 0.420 e. The molecule has 0 aliphatic rings. The van der Waals surface area contributed by atoms with Crippen LogP contribution in [0.1, 0.15) is 5.56 Å². The maximum Gasteiger partial charge on any atom is 0.420 e. The van der Waals surface area contributed by atoms with Crippen molar-refractivity contribution in [2.45, 2.75) is 6.61 Å². The second-order valence-corrected chi connectivity index (χ2v) is 4.54. The molecule has 0 N–H and O–H groups in total. The minimum atomic E-state index is -0.633. The average Bonchev–Trinajstić information content (AvgIpc) is 2.97. The van der Waals surface area contributed by atoms with Crippen molar-refractivity contribution < 1.29 is 14.5 Å². The van der Waals surface area contributed by atoms with Gasteiger partial charge in [-0.2, -0.15) is 0 Å². The molecule has 0 bridgehead atoms. The summed E-state index contributed by atoms with van der Waals surface area (Å²) < 4.78 is 6.42. The third-order valence-corrected chi connectivity index (χ3v) is 3.19. The van der Waals surface area contributed by atoms with Gasteiger partial charge < -0.3 is 4.74 Å². The van der Waals surface area contributed by atoms with Gasteiger partial charge in [0.05, 0.1) is 21.5 Å². The third kappa shape index (κ3) is 2.51. The van der Waals surface area contributed by atoms with Crippen molar-refractivity contribution in [1.29, 1.82) is 0 Å². The Bertz CT molecular complexity index is 857. The van der Waals surface area contributed by atoms with E-state index in [0.29, 0.717) is 16.6 Å². The lowest BCUT2D eigenvalue weighted by atomic mass is 10.2. The molecule has 1 aromatic heterocycles. The van der Waals surface area contributed by atoms with Crippen LogP contribution in [0.2, 0.25) is 0 Å². The first-order valence-electron chi connectivity index (χ1n) is 6.48. The summed E-state index contributed by atoms with van der Waals surface area (Å²) in [4.78, 5) is 26.6. The second-order valence-electron chi connectivity index (χ2n) is 4.54. The number of hydrogen-bond donors (Lipinski definition) is 0. The molecule has 0 amide bonds. The topological polar surface area (TPSA) is 87.3 Å². The van der Waals surface area contributed by atoms with E-state index in [1.54, 1.807) is 36.4 Å². The molecule has 1 heterocycles. The number of imidazole rings is 1. The van der Waals surface area contributed by atoms with Gasteiger partial charge in [-0.1, -0.05) is 24.3 Å². The Labute approximate surface area is 124 Å². The highest BCUT2D eigenvalue weighted by atomic mass is 16.6. The Morgan fingerprint density at radius 2 is 1.91 bits per heavy atom. The molecule has 0 atom stereocenters. The molecule has 0 unspecified atom stereocenters. The van der Waals surface area contributed by atoms with Crippen molar-refractivity contribution in [3.63, 3.8) is 0 Å². The van der Waals surface area contributed by atoms with Gasteiger partial charge in [0, 0.05) is 6.07 Å². The molecular weight excluding hydrogens is 286 g/mol. The second kappa shape index (κ2) is 5.65. The summed E-state index contributed by atoms with van der Waals surface area (Å²) in [6.45, 7) is -0.178. The van der Waals surface area contributed by atoms with Gasteiger partial charge in [0.15, 0.2) is 0 Å². The zero-order chi connectivity index (χ0) is 15.5. The predicted octanol–water partition coefficient (Wildman–Crippen LogP) is 3.13. The Morgan fingerprint density at radius 1 is 1.18 bits per heavy atom. The first kappa shape index (κ1) is 13.7. The van der Waals surface area contributed by atoms with E-state index in [0.717, 1.165) is 0 Å². The van der Waals surface area contributed by atoms with Crippen LogP contribution in [0.5, 0.6) is 0 Å². The maximum atomic E-state index is 12.1. The quantitative estimate of drug-likeness (QED) is 0.547. The van der Waals surface area contributed by atoms with Gasteiger partial charge in [0.1, 0.15) is 12.9 Å². The molecule has 0 spiro atoms. The zero-order valence-corrected chi connectivity index (χ0v) is 11.4. The third-order valence-electron chi connectivity index (χ3n) is 3.19. The van der Waals surface area contributed by atoms with Crippen LogP contribution in [-0.4, -0.2) is 20.6 Å². The van der Waals surface area contributed by atoms with E-state index in [2.05, 4.69) is 4.98 Å². The van der Waals surface area contributed by atoms with Crippen molar-refractivity contribution in [1.82, 2.24) is 9.55 Å². The standard InChI is InChI=1S/C15H11N3O4/c19-15(17-10-16-12-6-2-4-8-14(12)17)22-9-11-5-1-3-7-13(11)18(20)21/h1-8,10H,9H2. The number of nitro groups is 1. The molecule has 110 valence electrons. The summed E-state index contributed by atoms with van der Waals surface area (Å²) in [6.07, 6.45) is 0.735. The van der Waals surface area contributed by atoms with E-state index in [4.69, 9.17) is 4.74 Å². The summed E-state index contributed by atoms with van der Waals surface area (Å²) in [6, 6.07) is 13.3. The van der Waals surface area contributed by atoms with Gasteiger partial charge >= 0.3 is 6.09 Å². The molecule has 0 aliphatic heterocycles. The van der Waals surface area contributed by atoms with Crippen LogP contribution in [0.4, 0.5) is 10.5 Å². The number of nitrogens with zero attached hydrogens (tertiary/aromatic N) is 3. The van der Waals surface area contributed by atoms with Crippen molar-refractivity contribution in [3.8, 4) is 0 Å². The van der Waals surface area contributed by atoms with Crippen LogP contribution in [0.3, 0.4) is 0 Å². The number of benzene rings is 2. The van der Waals surface area contributed by atoms with Gasteiger partial charge in [0.2, 0.25) is 0 Å². The molecule has 7 heteroatoms. The highest BCUT2D eigenvalue weighted by Gasteiger charge is 2.16. The van der Waals surface area contributed by atoms with E-state index in [-0.39, 0.29) is 12.3 Å². The predicted molar refractivity (Wildman–Crippen MR) is 78.4 cm³/mol. The lowest BCUT2D eigenvalue weighted by molar-refractivity contribution is -0.385. The normalized spacial score (nSPS) is 10.5. The Balaban J connectivity index is 1.80. The average molecular weight is 297 g/mol. The molecule has 22 heavy (non-hydrogen) atoms. The molecule has 3 rings (SSSR count). The lowest BCUT2D eigenvalue weighted by Crippen LogP contribution is -2.13. The maximum absolute atomic E-state index is 12.1. The van der Waals surface area contributed by atoms with Crippen molar-refractivity contribution in [2.24, 2.45) is 0 Å². The number of nitro benzene ring substituents is 1. The van der Waals surface area contributed by atoms with Gasteiger partial charge in [-0.05, 0) is 18.2 Å². The molecule has 3 aromatic rings. The van der Waals surface area contributed by atoms with E-state index in [1.807, 2.05) is 6.07 Å². The molecule has 0 fully saturated rings. The number of aromatic nitrogens is 2. The van der Waals surface area contributed by atoms with Gasteiger partial charge in [0.25, 0.3) is 5.69 Å². The first-order chi connectivity index (χ1) is 10.7. The van der Waals surface area contributed by atoms with E-state index < -0.39 is 11.0 Å². The van der Waals surface area contributed by atoms with Crippen molar-refractivity contribution in [3.05, 3.63) is 70.5 Å². The first-order valence-corrected chi connectivity index (χ1v) is 6.48. The highest BCUT2D eigenvalue weighted by Crippen LogP contribution is 2.19. The molecule has 0 aliphatic carbocycles. The van der Waals surface area contributed by atoms with Gasteiger partial charge in [-0.15, -0.1) is 0 Å². The number of fused-ring (bicyclic) bond motifs is 1. The molecular formula is C15H11N3O4. The largest absolute Gasteiger partial charge is 0.444 e. The molecule has 2 aromatic carbocycles. The van der Waals surface area contributed by atoms with Crippen LogP contribution < -0.4 is 0 Å². The summed E-state index contributed by atoms with van der Waals surface area (Å²) in [5.41, 5.74) is 1.55. The van der Waals surface area contributed by atoms with Crippen LogP contribution >= 0.6 is 0 Å². The Morgan fingerprint density at radius 3 is 2.73 bits per heavy atom. The number of carbonyl (C=O) groups is 1. The molecule has 0 radical (unpaired) electrons. The lowest BCUT2D eigenvalue weighted by Gasteiger charge is -2.06. The highest BCUT2D eigenvalue weighted by molar-refractivity contribution is 5.86. The minimum absolute atomic E-state index is 0.0780. The fourth-order valence-electron chi connectivity index (χ4n) is 2.12. The van der Waals surface area contributed by atoms with Crippen LogP contribution in [0, 0.1) is 10.1 Å². The minimum Gasteiger partial charge on any atom is -0.444 e. The van der Waals surface area contributed by atoms with E-state index in [1.165, 1.54) is 17.0 Å². The zero-order valence-electron chi connectivity index (χ0n) is 11.4. The Kier molecular flexibility index (Phi) is 3.53. The molecule has 0 saturated heterocycles. The summed E-state index contributed by atoms with van der Waals surface area (Å²) in [5.74, 6) is 0. The Hall–Kier alpha value is -3.22. The van der Waals surface area contributed by atoms with Gasteiger partial charge in [-0.3, -0.25) is 10.1 Å². The number of rotatable bonds is 3. The monoisotopic (exact) mass is 297 g/mol. The summed E-state index contributed by atoms with van der Waals surface area (Å²) >= 11 is 0. The number of para-hydroxylation sites is 3. The van der Waals surface area contributed by atoms with E-state index >= 15 is 0 Å². The van der Waals surface area contributed by atoms with Crippen LogP contribution in [0.25, 0.3) is 11.0 Å². The molecule has 7 nitrogen and oxygen atoms in total. The van der Waals surface area contributed by atoms with Crippen LogP contribution in [0.15, 0.2) is 54.9 Å². The fraction of sp³-hybridized carbons (Fsp3) is 0.0667. The SMILES string of the molecule is O=C(OCc1ccccc1[N+](=O)[O-])n1cnc2ccccc21.